The predicted octanol–water partition coefficient (Wildman–Crippen LogP) is 2.87. The maximum absolute atomic E-state index is 13.3. The molecule has 2 saturated heterocycles. The predicted molar refractivity (Wildman–Crippen MR) is 114 cm³/mol. The van der Waals surface area contributed by atoms with Gasteiger partial charge in [0.2, 0.25) is 5.91 Å². The number of methoxy groups -OCH3 is 2. The van der Waals surface area contributed by atoms with Crippen molar-refractivity contribution in [1.29, 1.82) is 0 Å². The molecule has 3 atom stereocenters. The van der Waals surface area contributed by atoms with Gasteiger partial charge in [-0.3, -0.25) is 14.5 Å². The lowest BCUT2D eigenvalue weighted by Crippen LogP contribution is -2.54. The van der Waals surface area contributed by atoms with E-state index in [-0.39, 0.29) is 30.3 Å². The van der Waals surface area contributed by atoms with Gasteiger partial charge in [0.05, 0.1) is 20.3 Å². The first kappa shape index (κ1) is 21.5. The van der Waals surface area contributed by atoms with Crippen LogP contribution in [0.25, 0.3) is 0 Å². The Balaban J connectivity index is 1.53. The number of rotatable bonds is 5. The smallest absolute Gasteiger partial charge is 0.325 e. The first-order chi connectivity index (χ1) is 14.9. The van der Waals surface area contributed by atoms with Crippen molar-refractivity contribution in [3.8, 4) is 11.5 Å². The number of hydrogen-bond donors (Lipinski definition) is 1. The molecule has 0 bridgehead atoms. The standard InChI is InChI=1S/C23H31N3O5/c1-15-7-4-5-11-23(15)21(28)26(22(29)24-23)14-20(27)25-12-6-8-18(25)17-13-16(30-2)9-10-19(17)31-3/h9-10,13,15,18H,4-8,11-12,14H2,1-3H3,(H,24,29)/t15-,18-,23+/m1/s1. The summed E-state index contributed by atoms with van der Waals surface area (Å²) in [5, 5.41) is 2.92. The van der Waals surface area contributed by atoms with Gasteiger partial charge in [0.15, 0.2) is 0 Å². The molecular weight excluding hydrogens is 398 g/mol. The lowest BCUT2D eigenvalue weighted by atomic mass is 9.73. The van der Waals surface area contributed by atoms with Crippen LogP contribution >= 0.6 is 0 Å². The Kier molecular flexibility index (Phi) is 5.81. The van der Waals surface area contributed by atoms with Gasteiger partial charge >= 0.3 is 6.03 Å². The molecule has 168 valence electrons. The Bertz CT molecular complexity index is 888. The normalized spacial score (nSPS) is 28.2. The van der Waals surface area contributed by atoms with Crippen molar-refractivity contribution in [2.24, 2.45) is 5.92 Å². The Hall–Kier alpha value is -2.77. The summed E-state index contributed by atoms with van der Waals surface area (Å²) in [7, 11) is 3.20. The molecule has 2 heterocycles. The third-order valence-corrected chi connectivity index (χ3v) is 7.16. The molecule has 1 aromatic rings. The first-order valence-corrected chi connectivity index (χ1v) is 11.1. The van der Waals surface area contributed by atoms with E-state index >= 15 is 0 Å². The van der Waals surface area contributed by atoms with E-state index in [4.69, 9.17) is 9.47 Å². The van der Waals surface area contributed by atoms with Crippen LogP contribution < -0.4 is 14.8 Å². The molecule has 4 rings (SSSR count). The highest BCUT2D eigenvalue weighted by Gasteiger charge is 2.55. The molecule has 1 spiro atoms. The molecule has 1 aliphatic carbocycles. The topological polar surface area (TPSA) is 88.2 Å². The zero-order valence-electron chi connectivity index (χ0n) is 18.5. The zero-order chi connectivity index (χ0) is 22.2. The number of urea groups is 1. The number of nitrogens with zero attached hydrogens (tertiary/aromatic N) is 2. The first-order valence-electron chi connectivity index (χ1n) is 11.1. The van der Waals surface area contributed by atoms with Crippen molar-refractivity contribution >= 4 is 17.8 Å². The molecule has 1 N–H and O–H groups in total. The monoisotopic (exact) mass is 429 g/mol. The van der Waals surface area contributed by atoms with Gasteiger partial charge in [0, 0.05) is 12.1 Å². The van der Waals surface area contributed by atoms with Crippen LogP contribution in [0.5, 0.6) is 11.5 Å². The summed E-state index contributed by atoms with van der Waals surface area (Å²) in [5.41, 5.74) is 0.0260. The maximum atomic E-state index is 13.3. The van der Waals surface area contributed by atoms with E-state index in [0.717, 1.165) is 42.6 Å². The van der Waals surface area contributed by atoms with Gasteiger partial charge in [-0.05, 0) is 49.8 Å². The van der Waals surface area contributed by atoms with Crippen LogP contribution in [0.4, 0.5) is 4.79 Å². The van der Waals surface area contributed by atoms with Crippen LogP contribution in [-0.2, 0) is 9.59 Å². The molecule has 8 nitrogen and oxygen atoms in total. The average molecular weight is 430 g/mol. The summed E-state index contributed by atoms with van der Waals surface area (Å²) in [6, 6.07) is 4.91. The number of ether oxygens (including phenoxy) is 2. The molecule has 8 heteroatoms. The molecule has 0 radical (unpaired) electrons. The number of benzene rings is 1. The summed E-state index contributed by atoms with van der Waals surface area (Å²) in [6.07, 6.45) is 5.13. The number of amides is 4. The van der Waals surface area contributed by atoms with Gasteiger partial charge in [-0.2, -0.15) is 0 Å². The fourth-order valence-electron chi connectivity index (χ4n) is 5.35. The summed E-state index contributed by atoms with van der Waals surface area (Å²) in [6.45, 7) is 2.35. The lowest BCUT2D eigenvalue weighted by molar-refractivity contribution is -0.141. The number of carbonyl (C=O) groups excluding carboxylic acids is 3. The van der Waals surface area contributed by atoms with Crippen LogP contribution in [0.3, 0.4) is 0 Å². The maximum Gasteiger partial charge on any atom is 0.325 e. The van der Waals surface area contributed by atoms with E-state index in [9.17, 15) is 14.4 Å². The molecule has 31 heavy (non-hydrogen) atoms. The molecule has 3 fully saturated rings. The van der Waals surface area contributed by atoms with Gasteiger partial charge in [0.25, 0.3) is 5.91 Å². The Labute approximate surface area is 182 Å². The van der Waals surface area contributed by atoms with Crippen LogP contribution in [-0.4, -0.2) is 60.5 Å². The molecule has 3 aliphatic rings. The van der Waals surface area contributed by atoms with Gasteiger partial charge in [-0.1, -0.05) is 19.8 Å². The third kappa shape index (κ3) is 3.62. The fraction of sp³-hybridized carbons (Fsp3) is 0.609. The van der Waals surface area contributed by atoms with Crippen molar-refractivity contribution in [2.75, 3.05) is 27.3 Å². The minimum absolute atomic E-state index is 0.0679. The van der Waals surface area contributed by atoms with Gasteiger partial charge in [-0.15, -0.1) is 0 Å². The second-order valence-corrected chi connectivity index (χ2v) is 8.79. The third-order valence-electron chi connectivity index (χ3n) is 7.16. The molecule has 2 aliphatic heterocycles. The molecule has 0 aromatic heterocycles. The van der Waals surface area contributed by atoms with Crippen molar-refractivity contribution in [3.63, 3.8) is 0 Å². The largest absolute Gasteiger partial charge is 0.497 e. The highest BCUT2D eigenvalue weighted by atomic mass is 16.5. The molecule has 0 unspecified atom stereocenters. The summed E-state index contributed by atoms with van der Waals surface area (Å²) in [4.78, 5) is 42.0. The Morgan fingerprint density at radius 1 is 1.16 bits per heavy atom. The molecular formula is C23H31N3O5. The zero-order valence-corrected chi connectivity index (χ0v) is 18.5. The number of likely N-dealkylation sites (tertiary alicyclic amines) is 1. The highest BCUT2D eigenvalue weighted by molar-refractivity contribution is 6.09. The summed E-state index contributed by atoms with van der Waals surface area (Å²) < 4.78 is 10.9. The van der Waals surface area contributed by atoms with Crippen LogP contribution in [0, 0.1) is 5.92 Å². The van der Waals surface area contributed by atoms with E-state index in [1.807, 2.05) is 25.1 Å². The molecule has 1 aromatic carbocycles. The van der Waals surface area contributed by atoms with E-state index in [2.05, 4.69) is 5.32 Å². The van der Waals surface area contributed by atoms with E-state index in [0.29, 0.717) is 24.5 Å². The average Bonchev–Trinajstić information content (AvgIpc) is 3.35. The van der Waals surface area contributed by atoms with Crippen molar-refractivity contribution in [1.82, 2.24) is 15.1 Å². The van der Waals surface area contributed by atoms with E-state index in [1.165, 1.54) is 0 Å². The van der Waals surface area contributed by atoms with E-state index < -0.39 is 11.6 Å². The second-order valence-electron chi connectivity index (χ2n) is 8.79. The van der Waals surface area contributed by atoms with Crippen molar-refractivity contribution < 1.29 is 23.9 Å². The van der Waals surface area contributed by atoms with Crippen LogP contribution in [0.1, 0.15) is 57.1 Å². The number of imide groups is 1. The number of hydrogen-bond acceptors (Lipinski definition) is 5. The molecule has 1 saturated carbocycles. The van der Waals surface area contributed by atoms with Gasteiger partial charge in [0.1, 0.15) is 23.6 Å². The Morgan fingerprint density at radius 3 is 2.68 bits per heavy atom. The SMILES string of the molecule is COc1ccc(OC)c([C@H]2CCCN2C(=O)CN2C(=O)N[C@]3(CCCC[C@H]3C)C2=O)c1. The minimum atomic E-state index is -0.851. The summed E-state index contributed by atoms with van der Waals surface area (Å²) in [5.74, 6) is 0.968. The van der Waals surface area contributed by atoms with Crippen LogP contribution in [0.2, 0.25) is 0 Å². The van der Waals surface area contributed by atoms with Gasteiger partial charge in [-0.25, -0.2) is 4.79 Å². The molecule has 4 amide bonds. The minimum Gasteiger partial charge on any atom is -0.497 e. The van der Waals surface area contributed by atoms with E-state index in [1.54, 1.807) is 19.1 Å². The Morgan fingerprint density at radius 2 is 1.97 bits per heavy atom. The van der Waals surface area contributed by atoms with Crippen LogP contribution in [0.15, 0.2) is 18.2 Å². The quantitative estimate of drug-likeness (QED) is 0.727. The number of carbonyl (C=O) groups is 3. The van der Waals surface area contributed by atoms with Crippen molar-refractivity contribution in [2.45, 2.75) is 57.0 Å². The lowest BCUT2D eigenvalue weighted by Gasteiger charge is -2.37. The fourth-order valence-corrected chi connectivity index (χ4v) is 5.35. The summed E-state index contributed by atoms with van der Waals surface area (Å²) >= 11 is 0. The number of nitrogens with one attached hydrogen (secondary N) is 1. The van der Waals surface area contributed by atoms with Crippen molar-refractivity contribution in [3.05, 3.63) is 23.8 Å². The highest BCUT2D eigenvalue weighted by Crippen LogP contribution is 2.40. The second kappa shape index (κ2) is 8.40. The van der Waals surface area contributed by atoms with Gasteiger partial charge < -0.3 is 19.7 Å².